The molecule has 4 nitrogen and oxygen atoms in total. The lowest BCUT2D eigenvalue weighted by molar-refractivity contribution is 0.104. The van der Waals surface area contributed by atoms with Crippen molar-refractivity contribution in [2.75, 3.05) is 0 Å². The van der Waals surface area contributed by atoms with Crippen LogP contribution in [0.4, 0.5) is 0 Å². The van der Waals surface area contributed by atoms with Gasteiger partial charge < -0.3 is 5.11 Å². The Morgan fingerprint density at radius 1 is 1.47 bits per heavy atom. The van der Waals surface area contributed by atoms with Gasteiger partial charge in [0.15, 0.2) is 5.78 Å². The minimum absolute atomic E-state index is 0.0919. The first-order valence-corrected chi connectivity index (χ1v) is 6.15. The molecule has 1 N–H and O–H groups in total. The van der Waals surface area contributed by atoms with E-state index in [4.69, 9.17) is 0 Å². The van der Waals surface area contributed by atoms with Crippen molar-refractivity contribution in [1.29, 1.82) is 0 Å². The van der Waals surface area contributed by atoms with Gasteiger partial charge in [-0.1, -0.05) is 12.1 Å². The highest BCUT2D eigenvalue weighted by molar-refractivity contribution is 6.07. The Hall–Kier alpha value is -2.36. The summed E-state index contributed by atoms with van der Waals surface area (Å²) in [6, 6.07) is 6.32. The summed E-state index contributed by atoms with van der Waals surface area (Å²) in [6.07, 6.45) is 4.99. The monoisotopic (exact) mass is 256 g/mol. The zero-order valence-corrected chi connectivity index (χ0v) is 11.0. The Morgan fingerprint density at radius 3 is 2.89 bits per heavy atom. The van der Waals surface area contributed by atoms with Gasteiger partial charge in [-0.15, -0.1) is 0 Å². The molecule has 2 rings (SSSR count). The van der Waals surface area contributed by atoms with E-state index in [1.165, 1.54) is 18.2 Å². The molecule has 0 aliphatic rings. The van der Waals surface area contributed by atoms with Crippen LogP contribution in [0.3, 0.4) is 0 Å². The molecule has 4 heteroatoms. The Labute approximate surface area is 112 Å². The van der Waals surface area contributed by atoms with Crippen molar-refractivity contribution in [3.63, 3.8) is 0 Å². The fraction of sp³-hybridized carbons (Fsp3) is 0.200. The summed E-state index contributed by atoms with van der Waals surface area (Å²) in [5, 5.41) is 13.6. The van der Waals surface area contributed by atoms with E-state index in [0.717, 1.165) is 17.8 Å². The fourth-order valence-corrected chi connectivity index (χ4v) is 1.86. The molecule has 0 unspecified atom stereocenters. The number of allylic oxidation sites excluding steroid dienone is 1. The van der Waals surface area contributed by atoms with Crippen molar-refractivity contribution in [2.45, 2.75) is 20.4 Å². The number of aryl methyl sites for hydroxylation is 1. The normalized spacial score (nSPS) is 11.1. The Morgan fingerprint density at radius 2 is 2.26 bits per heavy atom. The number of rotatable bonds is 4. The van der Waals surface area contributed by atoms with Gasteiger partial charge in [-0.05, 0) is 38.1 Å². The minimum Gasteiger partial charge on any atom is -0.508 e. The van der Waals surface area contributed by atoms with Crippen molar-refractivity contribution in [3.05, 3.63) is 53.4 Å². The first-order valence-electron chi connectivity index (χ1n) is 6.15. The van der Waals surface area contributed by atoms with E-state index in [1.807, 2.05) is 18.5 Å². The highest BCUT2D eigenvalue weighted by Crippen LogP contribution is 2.13. The number of carbonyl (C=O) groups excluding carboxylic acids is 1. The van der Waals surface area contributed by atoms with Gasteiger partial charge in [0.1, 0.15) is 5.75 Å². The lowest BCUT2D eigenvalue weighted by Crippen LogP contribution is -1.98. The number of aromatic nitrogens is 2. The molecular formula is C15H16N2O2. The molecule has 0 bridgehead atoms. The molecule has 0 saturated carbocycles. The summed E-state index contributed by atoms with van der Waals surface area (Å²) in [6.45, 7) is 4.79. The third-order valence-corrected chi connectivity index (χ3v) is 2.99. The molecule has 0 spiro atoms. The lowest BCUT2D eigenvalue weighted by atomic mass is 10.1. The van der Waals surface area contributed by atoms with Gasteiger partial charge >= 0.3 is 0 Å². The van der Waals surface area contributed by atoms with Crippen molar-refractivity contribution >= 4 is 11.9 Å². The van der Waals surface area contributed by atoms with Crippen LogP contribution in [-0.2, 0) is 6.54 Å². The van der Waals surface area contributed by atoms with Crippen molar-refractivity contribution in [2.24, 2.45) is 0 Å². The zero-order chi connectivity index (χ0) is 13.8. The van der Waals surface area contributed by atoms with Gasteiger partial charge in [-0.25, -0.2) is 0 Å². The van der Waals surface area contributed by atoms with E-state index < -0.39 is 0 Å². The van der Waals surface area contributed by atoms with E-state index in [0.29, 0.717) is 5.56 Å². The third kappa shape index (κ3) is 2.91. The molecule has 0 fully saturated rings. The molecule has 1 heterocycles. The summed E-state index contributed by atoms with van der Waals surface area (Å²) >= 11 is 0. The number of nitrogens with zero attached hydrogens (tertiary/aromatic N) is 2. The van der Waals surface area contributed by atoms with E-state index in [-0.39, 0.29) is 11.5 Å². The zero-order valence-electron chi connectivity index (χ0n) is 11.0. The largest absolute Gasteiger partial charge is 0.508 e. The molecule has 0 atom stereocenters. The van der Waals surface area contributed by atoms with Crippen LogP contribution in [0.5, 0.6) is 5.75 Å². The van der Waals surface area contributed by atoms with Crippen LogP contribution in [0.15, 0.2) is 36.5 Å². The highest BCUT2D eigenvalue weighted by Gasteiger charge is 2.05. The summed E-state index contributed by atoms with van der Waals surface area (Å²) in [5.41, 5.74) is 2.43. The molecule has 19 heavy (non-hydrogen) atoms. The summed E-state index contributed by atoms with van der Waals surface area (Å²) in [7, 11) is 0. The molecule has 1 aromatic heterocycles. The second kappa shape index (κ2) is 5.52. The second-order valence-electron chi connectivity index (χ2n) is 4.25. The topological polar surface area (TPSA) is 55.1 Å². The molecular weight excluding hydrogens is 240 g/mol. The number of aromatic hydroxyl groups is 1. The van der Waals surface area contributed by atoms with E-state index in [2.05, 4.69) is 5.10 Å². The average Bonchev–Trinajstić information content (AvgIpc) is 2.76. The maximum absolute atomic E-state index is 11.9. The quantitative estimate of drug-likeness (QED) is 0.676. The van der Waals surface area contributed by atoms with Crippen molar-refractivity contribution in [3.8, 4) is 5.75 Å². The summed E-state index contributed by atoms with van der Waals surface area (Å²) in [4.78, 5) is 11.9. The van der Waals surface area contributed by atoms with Gasteiger partial charge in [0.25, 0.3) is 0 Å². The number of benzene rings is 1. The van der Waals surface area contributed by atoms with Gasteiger partial charge in [-0.3, -0.25) is 9.48 Å². The highest BCUT2D eigenvalue weighted by atomic mass is 16.3. The summed E-state index contributed by atoms with van der Waals surface area (Å²) < 4.78 is 1.87. The smallest absolute Gasteiger partial charge is 0.185 e. The van der Waals surface area contributed by atoms with E-state index in [1.54, 1.807) is 24.4 Å². The number of ketones is 1. The molecule has 0 amide bonds. The Kier molecular flexibility index (Phi) is 3.80. The maximum atomic E-state index is 11.9. The Bertz CT molecular complexity index is 627. The van der Waals surface area contributed by atoms with Gasteiger partial charge in [0.05, 0.1) is 6.20 Å². The molecule has 98 valence electrons. The Balaban J connectivity index is 2.18. The van der Waals surface area contributed by atoms with Gasteiger partial charge in [-0.2, -0.15) is 5.10 Å². The maximum Gasteiger partial charge on any atom is 0.185 e. The minimum atomic E-state index is -0.139. The standard InChI is InChI=1S/C15H16N2O2/c1-3-17-11(2)13(10-16-17)7-8-15(19)12-5-4-6-14(18)9-12/h4-10,18H,3H2,1-2H3/b8-7+. The molecule has 2 aromatic rings. The van der Waals surface area contributed by atoms with Crippen molar-refractivity contribution in [1.82, 2.24) is 9.78 Å². The average molecular weight is 256 g/mol. The fourth-order valence-electron chi connectivity index (χ4n) is 1.86. The molecule has 1 aromatic carbocycles. The molecule has 0 aliphatic carbocycles. The first-order chi connectivity index (χ1) is 9.11. The number of hydrogen-bond acceptors (Lipinski definition) is 3. The lowest BCUT2D eigenvalue weighted by Gasteiger charge is -1.99. The third-order valence-electron chi connectivity index (χ3n) is 2.99. The van der Waals surface area contributed by atoms with Gasteiger partial charge in [0.2, 0.25) is 0 Å². The SMILES string of the molecule is CCn1ncc(/C=C/C(=O)c2cccc(O)c2)c1C. The number of carbonyl (C=O) groups is 1. The van der Waals surface area contributed by atoms with Crippen molar-refractivity contribution < 1.29 is 9.90 Å². The molecule has 0 radical (unpaired) electrons. The number of phenols is 1. The van der Waals surface area contributed by atoms with Crippen LogP contribution in [0, 0.1) is 6.92 Å². The van der Waals surface area contributed by atoms with E-state index in [9.17, 15) is 9.90 Å². The predicted octanol–water partition coefficient (Wildman–Crippen LogP) is 2.81. The van der Waals surface area contributed by atoms with Crippen LogP contribution in [0.1, 0.15) is 28.5 Å². The van der Waals surface area contributed by atoms with E-state index >= 15 is 0 Å². The second-order valence-corrected chi connectivity index (χ2v) is 4.25. The molecule has 0 aliphatic heterocycles. The van der Waals surface area contributed by atoms with Crippen LogP contribution in [0.2, 0.25) is 0 Å². The first kappa shape index (κ1) is 13.1. The van der Waals surface area contributed by atoms with Crippen LogP contribution >= 0.6 is 0 Å². The number of phenolic OH excluding ortho intramolecular Hbond substituents is 1. The van der Waals surface area contributed by atoms with Crippen LogP contribution in [-0.4, -0.2) is 20.7 Å². The summed E-state index contributed by atoms with van der Waals surface area (Å²) in [5.74, 6) is -0.0474. The predicted molar refractivity (Wildman–Crippen MR) is 74.1 cm³/mol. The number of hydrogen-bond donors (Lipinski definition) is 1. The van der Waals surface area contributed by atoms with Crippen LogP contribution < -0.4 is 0 Å². The van der Waals surface area contributed by atoms with Gasteiger partial charge in [0, 0.05) is 23.4 Å². The molecule has 0 saturated heterocycles. The van der Waals surface area contributed by atoms with Crippen LogP contribution in [0.25, 0.3) is 6.08 Å².